The van der Waals surface area contributed by atoms with Gasteiger partial charge < -0.3 is 14.8 Å². The number of ether oxygens (including phenoxy) is 2. The Balaban J connectivity index is 1.76. The lowest BCUT2D eigenvalue weighted by atomic mass is 9.97. The molecule has 0 radical (unpaired) electrons. The van der Waals surface area contributed by atoms with E-state index < -0.39 is 0 Å². The molecule has 0 fully saturated rings. The highest BCUT2D eigenvalue weighted by Gasteiger charge is 2.22. The second-order valence-electron chi connectivity index (χ2n) is 6.56. The lowest BCUT2D eigenvalue weighted by molar-refractivity contribution is 0.0602. The van der Waals surface area contributed by atoms with Crippen LogP contribution in [0.4, 0.5) is 5.69 Å². The number of benzene rings is 2. The monoisotopic (exact) mass is 352 g/mol. The number of aryl methyl sites for hydroxylation is 2. The molecule has 1 aliphatic heterocycles. The van der Waals surface area contributed by atoms with Crippen LogP contribution >= 0.6 is 0 Å². The molecule has 1 aliphatic rings. The lowest BCUT2D eigenvalue weighted by Crippen LogP contribution is -2.15. The SMILES string of the molecule is COC(=O)c1cc(C)c(C)cc1NC1=NCC(c2ccc(OC)cc2)C1. The van der Waals surface area contributed by atoms with Gasteiger partial charge in [0, 0.05) is 18.9 Å². The van der Waals surface area contributed by atoms with Crippen molar-refractivity contribution in [3.63, 3.8) is 0 Å². The molecule has 3 rings (SSSR count). The number of nitrogens with one attached hydrogen (secondary N) is 1. The third-order valence-electron chi connectivity index (χ3n) is 4.85. The summed E-state index contributed by atoms with van der Waals surface area (Å²) in [6.45, 7) is 4.74. The van der Waals surface area contributed by atoms with Gasteiger partial charge in [-0.25, -0.2) is 4.79 Å². The van der Waals surface area contributed by atoms with Gasteiger partial charge in [0.15, 0.2) is 0 Å². The van der Waals surface area contributed by atoms with Crippen LogP contribution in [0.25, 0.3) is 0 Å². The average Bonchev–Trinajstić information content (AvgIpc) is 3.12. The maximum atomic E-state index is 12.1. The van der Waals surface area contributed by atoms with E-state index in [4.69, 9.17) is 9.47 Å². The standard InChI is InChI=1S/C21H24N2O3/c1-13-9-18(21(24)26-4)19(10-14(13)2)23-20-11-16(12-22-20)15-5-7-17(25-3)8-6-15/h5-10,16H,11-12H2,1-4H3,(H,22,23). The highest BCUT2D eigenvalue weighted by atomic mass is 16.5. The van der Waals surface area contributed by atoms with Crippen LogP contribution in [0.3, 0.4) is 0 Å². The van der Waals surface area contributed by atoms with Crippen molar-refractivity contribution in [2.75, 3.05) is 26.1 Å². The number of nitrogens with zero attached hydrogens (tertiary/aromatic N) is 1. The first-order valence-electron chi connectivity index (χ1n) is 8.65. The van der Waals surface area contributed by atoms with Crippen LogP contribution in [0.5, 0.6) is 5.75 Å². The normalized spacial score (nSPS) is 16.2. The van der Waals surface area contributed by atoms with Crippen molar-refractivity contribution in [2.45, 2.75) is 26.2 Å². The van der Waals surface area contributed by atoms with E-state index in [0.717, 1.165) is 41.4 Å². The van der Waals surface area contributed by atoms with E-state index in [1.54, 1.807) is 7.11 Å². The number of carbonyl (C=O) groups is 1. The Morgan fingerprint density at radius 3 is 2.46 bits per heavy atom. The summed E-state index contributed by atoms with van der Waals surface area (Å²) in [6, 6.07) is 11.9. The van der Waals surface area contributed by atoms with E-state index in [1.807, 2.05) is 38.1 Å². The third kappa shape index (κ3) is 3.72. The fourth-order valence-corrected chi connectivity index (χ4v) is 3.13. The summed E-state index contributed by atoms with van der Waals surface area (Å²) in [6.07, 6.45) is 0.805. The van der Waals surface area contributed by atoms with Gasteiger partial charge in [0.05, 0.1) is 25.5 Å². The molecule has 0 bridgehead atoms. The van der Waals surface area contributed by atoms with E-state index in [9.17, 15) is 4.79 Å². The second-order valence-corrected chi connectivity index (χ2v) is 6.56. The zero-order valence-corrected chi connectivity index (χ0v) is 15.6. The van der Waals surface area contributed by atoms with Gasteiger partial charge in [-0.3, -0.25) is 4.99 Å². The number of rotatable bonds is 4. The smallest absolute Gasteiger partial charge is 0.339 e. The topological polar surface area (TPSA) is 59.9 Å². The van der Waals surface area contributed by atoms with Crippen LogP contribution in [0, 0.1) is 13.8 Å². The molecule has 0 amide bonds. The number of hydrogen-bond donors (Lipinski definition) is 1. The molecule has 26 heavy (non-hydrogen) atoms. The van der Waals surface area contributed by atoms with Crippen molar-refractivity contribution in [1.82, 2.24) is 0 Å². The number of hydrogen-bond acceptors (Lipinski definition) is 5. The van der Waals surface area contributed by atoms with Gasteiger partial charge in [-0.2, -0.15) is 0 Å². The molecule has 0 spiro atoms. The predicted octanol–water partition coefficient (Wildman–Crippen LogP) is 4.10. The number of esters is 1. The van der Waals surface area contributed by atoms with Crippen molar-refractivity contribution < 1.29 is 14.3 Å². The summed E-state index contributed by atoms with van der Waals surface area (Å²) in [5.41, 5.74) is 4.69. The minimum absolute atomic E-state index is 0.330. The van der Waals surface area contributed by atoms with E-state index in [0.29, 0.717) is 11.5 Å². The summed E-state index contributed by atoms with van der Waals surface area (Å²) >= 11 is 0. The molecule has 0 saturated carbocycles. The lowest BCUT2D eigenvalue weighted by Gasteiger charge is -2.14. The number of amidine groups is 1. The summed E-state index contributed by atoms with van der Waals surface area (Å²) in [5.74, 6) is 1.72. The van der Waals surface area contributed by atoms with Crippen molar-refractivity contribution in [2.24, 2.45) is 4.99 Å². The van der Waals surface area contributed by atoms with Crippen molar-refractivity contribution in [1.29, 1.82) is 0 Å². The maximum absolute atomic E-state index is 12.1. The van der Waals surface area contributed by atoms with Gasteiger partial charge in [-0.05, 0) is 54.8 Å². The van der Waals surface area contributed by atoms with Gasteiger partial charge in [0.1, 0.15) is 11.6 Å². The molecule has 1 unspecified atom stereocenters. The Morgan fingerprint density at radius 1 is 1.12 bits per heavy atom. The third-order valence-corrected chi connectivity index (χ3v) is 4.85. The van der Waals surface area contributed by atoms with Gasteiger partial charge in [0.25, 0.3) is 0 Å². The number of anilines is 1. The molecular formula is C21H24N2O3. The molecule has 1 atom stereocenters. The van der Waals surface area contributed by atoms with Crippen LogP contribution < -0.4 is 10.1 Å². The van der Waals surface area contributed by atoms with Crippen molar-refractivity contribution in [3.05, 3.63) is 58.7 Å². The average molecular weight is 352 g/mol. The first-order chi connectivity index (χ1) is 12.5. The molecule has 1 heterocycles. The Hall–Kier alpha value is -2.82. The fourth-order valence-electron chi connectivity index (χ4n) is 3.13. The zero-order chi connectivity index (χ0) is 18.7. The van der Waals surface area contributed by atoms with Gasteiger partial charge in [-0.15, -0.1) is 0 Å². The van der Waals surface area contributed by atoms with Crippen LogP contribution in [0.1, 0.15) is 39.4 Å². The number of carbonyl (C=O) groups excluding carboxylic acids is 1. The van der Waals surface area contributed by atoms with Gasteiger partial charge in [0.2, 0.25) is 0 Å². The minimum atomic E-state index is -0.346. The van der Waals surface area contributed by atoms with E-state index >= 15 is 0 Å². The van der Waals surface area contributed by atoms with Crippen LogP contribution in [-0.2, 0) is 4.74 Å². The van der Waals surface area contributed by atoms with Crippen molar-refractivity contribution in [3.8, 4) is 5.75 Å². The molecule has 2 aromatic carbocycles. The maximum Gasteiger partial charge on any atom is 0.339 e. The van der Waals surface area contributed by atoms with Crippen molar-refractivity contribution >= 4 is 17.5 Å². The molecule has 5 nitrogen and oxygen atoms in total. The molecule has 5 heteroatoms. The van der Waals surface area contributed by atoms with Crippen LogP contribution in [0.2, 0.25) is 0 Å². The zero-order valence-electron chi connectivity index (χ0n) is 15.6. The predicted molar refractivity (Wildman–Crippen MR) is 104 cm³/mol. The first kappa shape index (κ1) is 18.0. The summed E-state index contributed by atoms with van der Waals surface area (Å²) in [4.78, 5) is 16.7. The largest absolute Gasteiger partial charge is 0.497 e. The highest BCUT2D eigenvalue weighted by Crippen LogP contribution is 2.29. The Kier molecular flexibility index (Phi) is 5.26. The molecule has 136 valence electrons. The Labute approximate surface area is 154 Å². The molecule has 0 saturated heterocycles. The molecule has 0 aromatic heterocycles. The molecule has 2 aromatic rings. The second kappa shape index (κ2) is 7.60. The Bertz CT molecular complexity index is 841. The number of methoxy groups -OCH3 is 2. The Morgan fingerprint density at radius 2 is 1.81 bits per heavy atom. The summed E-state index contributed by atoms with van der Waals surface area (Å²) in [7, 11) is 3.06. The quantitative estimate of drug-likeness (QED) is 0.842. The van der Waals surface area contributed by atoms with E-state index in [2.05, 4.69) is 22.4 Å². The van der Waals surface area contributed by atoms with Crippen LogP contribution in [0.15, 0.2) is 41.4 Å². The number of aliphatic imine (C=N–C) groups is 1. The van der Waals surface area contributed by atoms with Gasteiger partial charge >= 0.3 is 5.97 Å². The van der Waals surface area contributed by atoms with Crippen LogP contribution in [-0.4, -0.2) is 32.6 Å². The molecule has 1 N–H and O–H groups in total. The van der Waals surface area contributed by atoms with E-state index in [1.165, 1.54) is 12.7 Å². The molecule has 0 aliphatic carbocycles. The highest BCUT2D eigenvalue weighted by molar-refractivity contribution is 6.04. The van der Waals surface area contributed by atoms with Gasteiger partial charge in [-0.1, -0.05) is 12.1 Å². The first-order valence-corrected chi connectivity index (χ1v) is 8.65. The fraction of sp³-hybridized carbons (Fsp3) is 0.333. The minimum Gasteiger partial charge on any atom is -0.497 e. The summed E-state index contributed by atoms with van der Waals surface area (Å²) in [5, 5.41) is 3.34. The summed E-state index contributed by atoms with van der Waals surface area (Å²) < 4.78 is 10.1. The molecular weight excluding hydrogens is 328 g/mol. The van der Waals surface area contributed by atoms with E-state index in [-0.39, 0.29) is 5.97 Å².